The number of aromatic amines is 1. The summed E-state index contributed by atoms with van der Waals surface area (Å²) in [6.45, 7) is 7.61. The first-order valence-corrected chi connectivity index (χ1v) is 10.5. The molecule has 3 aromatic rings. The molecule has 1 aromatic carbocycles. The summed E-state index contributed by atoms with van der Waals surface area (Å²) in [6.07, 6.45) is 4.36. The SMILES string of the molecule is Cc1cccc(/C=N/Nc2cc(N3CCOCC3)cc(OCCc3cnc(C)[nH]3)n2)c1. The van der Waals surface area contributed by atoms with Crippen molar-refractivity contribution in [1.82, 2.24) is 15.0 Å². The van der Waals surface area contributed by atoms with Gasteiger partial charge >= 0.3 is 0 Å². The lowest BCUT2D eigenvalue weighted by Gasteiger charge is -2.29. The van der Waals surface area contributed by atoms with Gasteiger partial charge in [0.2, 0.25) is 5.88 Å². The van der Waals surface area contributed by atoms with Crippen molar-refractivity contribution in [3.8, 4) is 5.88 Å². The molecule has 0 spiro atoms. The van der Waals surface area contributed by atoms with Crippen LogP contribution in [0.25, 0.3) is 0 Å². The molecule has 0 atom stereocenters. The molecule has 31 heavy (non-hydrogen) atoms. The lowest BCUT2D eigenvalue weighted by atomic mass is 10.2. The van der Waals surface area contributed by atoms with Crippen molar-refractivity contribution in [2.75, 3.05) is 43.2 Å². The largest absolute Gasteiger partial charge is 0.477 e. The number of anilines is 2. The molecule has 162 valence electrons. The molecular weight excluding hydrogens is 392 g/mol. The first kappa shape index (κ1) is 20.9. The quantitative estimate of drug-likeness (QED) is 0.429. The molecule has 0 unspecified atom stereocenters. The van der Waals surface area contributed by atoms with Crippen molar-refractivity contribution < 1.29 is 9.47 Å². The zero-order valence-electron chi connectivity index (χ0n) is 18.0. The summed E-state index contributed by atoms with van der Waals surface area (Å²) in [6, 6.07) is 12.1. The molecule has 1 aliphatic rings. The number of nitrogens with zero attached hydrogens (tertiary/aromatic N) is 4. The van der Waals surface area contributed by atoms with E-state index in [9.17, 15) is 0 Å². The summed E-state index contributed by atoms with van der Waals surface area (Å²) in [7, 11) is 0. The average molecular weight is 421 g/mol. The minimum Gasteiger partial charge on any atom is -0.477 e. The molecule has 8 heteroatoms. The minimum atomic E-state index is 0.507. The van der Waals surface area contributed by atoms with E-state index in [2.05, 4.69) is 49.4 Å². The van der Waals surface area contributed by atoms with E-state index >= 15 is 0 Å². The van der Waals surface area contributed by atoms with Gasteiger partial charge in [0.05, 0.1) is 26.0 Å². The van der Waals surface area contributed by atoms with E-state index in [1.54, 1.807) is 6.21 Å². The Bertz CT molecular complexity index is 1030. The van der Waals surface area contributed by atoms with E-state index < -0.39 is 0 Å². The van der Waals surface area contributed by atoms with Crippen LogP contribution in [0.1, 0.15) is 22.6 Å². The fourth-order valence-electron chi connectivity index (χ4n) is 3.41. The van der Waals surface area contributed by atoms with E-state index in [0.717, 1.165) is 42.3 Å². The number of pyridine rings is 1. The van der Waals surface area contributed by atoms with Crippen molar-refractivity contribution in [2.24, 2.45) is 5.10 Å². The number of hydrazone groups is 1. The normalized spacial score (nSPS) is 14.2. The highest BCUT2D eigenvalue weighted by Gasteiger charge is 2.14. The smallest absolute Gasteiger partial charge is 0.217 e. The summed E-state index contributed by atoms with van der Waals surface area (Å²) in [5.41, 5.74) is 7.36. The fourth-order valence-corrected chi connectivity index (χ4v) is 3.41. The summed E-state index contributed by atoms with van der Waals surface area (Å²) < 4.78 is 11.4. The minimum absolute atomic E-state index is 0.507. The highest BCUT2D eigenvalue weighted by Crippen LogP contribution is 2.25. The second-order valence-corrected chi connectivity index (χ2v) is 7.52. The molecule has 0 saturated carbocycles. The van der Waals surface area contributed by atoms with Crippen LogP contribution in [0.5, 0.6) is 5.88 Å². The fraction of sp³-hybridized carbons (Fsp3) is 0.348. The molecule has 1 aliphatic heterocycles. The Morgan fingerprint density at radius 2 is 2.10 bits per heavy atom. The Morgan fingerprint density at radius 3 is 2.87 bits per heavy atom. The molecule has 4 rings (SSSR count). The number of imidazole rings is 1. The first-order valence-electron chi connectivity index (χ1n) is 10.5. The van der Waals surface area contributed by atoms with Crippen LogP contribution in [-0.2, 0) is 11.2 Å². The number of hydrogen-bond donors (Lipinski definition) is 2. The third-order valence-corrected chi connectivity index (χ3v) is 4.97. The molecule has 1 fully saturated rings. The Morgan fingerprint density at radius 1 is 1.23 bits per heavy atom. The lowest BCUT2D eigenvalue weighted by Crippen LogP contribution is -2.36. The van der Waals surface area contributed by atoms with E-state index in [0.29, 0.717) is 31.5 Å². The van der Waals surface area contributed by atoms with Crippen molar-refractivity contribution in [3.63, 3.8) is 0 Å². The summed E-state index contributed by atoms with van der Waals surface area (Å²) in [5, 5.41) is 4.36. The van der Waals surface area contributed by atoms with Crippen molar-refractivity contribution in [3.05, 3.63) is 65.2 Å². The molecular formula is C23H28N6O2. The Hall–Kier alpha value is -3.39. The van der Waals surface area contributed by atoms with Crippen molar-refractivity contribution in [2.45, 2.75) is 20.3 Å². The van der Waals surface area contributed by atoms with E-state index in [4.69, 9.17) is 9.47 Å². The van der Waals surface area contributed by atoms with Gasteiger partial charge in [-0.05, 0) is 19.4 Å². The molecule has 0 amide bonds. The number of benzene rings is 1. The molecule has 2 N–H and O–H groups in total. The predicted molar refractivity (Wildman–Crippen MR) is 122 cm³/mol. The van der Waals surface area contributed by atoms with Gasteiger partial charge in [0, 0.05) is 49.2 Å². The first-order chi connectivity index (χ1) is 15.2. The number of aryl methyl sites for hydroxylation is 2. The summed E-state index contributed by atoms with van der Waals surface area (Å²) in [4.78, 5) is 14.3. The van der Waals surface area contributed by atoms with Gasteiger partial charge in [-0.15, -0.1) is 0 Å². The van der Waals surface area contributed by atoms with Crippen molar-refractivity contribution >= 4 is 17.7 Å². The zero-order valence-corrected chi connectivity index (χ0v) is 18.0. The third-order valence-electron chi connectivity index (χ3n) is 4.97. The number of H-pyrrole nitrogens is 1. The van der Waals surface area contributed by atoms with Crippen LogP contribution >= 0.6 is 0 Å². The third kappa shape index (κ3) is 6.05. The topological polar surface area (TPSA) is 87.7 Å². The number of morpholine rings is 1. The molecule has 1 saturated heterocycles. The van der Waals surface area contributed by atoms with Crippen LogP contribution < -0.4 is 15.1 Å². The van der Waals surface area contributed by atoms with Crippen LogP contribution in [0.15, 0.2) is 47.7 Å². The lowest BCUT2D eigenvalue weighted by molar-refractivity contribution is 0.122. The van der Waals surface area contributed by atoms with Gasteiger partial charge in [0.15, 0.2) is 5.82 Å². The average Bonchev–Trinajstić information content (AvgIpc) is 3.19. The van der Waals surface area contributed by atoms with Gasteiger partial charge in [-0.25, -0.2) is 4.98 Å². The van der Waals surface area contributed by atoms with Gasteiger partial charge in [-0.1, -0.05) is 29.8 Å². The maximum Gasteiger partial charge on any atom is 0.217 e. The van der Waals surface area contributed by atoms with E-state index in [-0.39, 0.29) is 0 Å². The van der Waals surface area contributed by atoms with E-state index in [1.807, 2.05) is 37.4 Å². The molecule has 8 nitrogen and oxygen atoms in total. The monoisotopic (exact) mass is 420 g/mol. The Balaban J connectivity index is 1.46. The van der Waals surface area contributed by atoms with Crippen LogP contribution in [0, 0.1) is 13.8 Å². The van der Waals surface area contributed by atoms with Gasteiger partial charge < -0.3 is 19.4 Å². The molecule has 0 bridgehead atoms. The second-order valence-electron chi connectivity index (χ2n) is 7.52. The molecule has 0 radical (unpaired) electrons. The number of ether oxygens (including phenoxy) is 2. The highest BCUT2D eigenvalue weighted by atomic mass is 16.5. The van der Waals surface area contributed by atoms with Crippen LogP contribution in [0.4, 0.5) is 11.5 Å². The molecule has 2 aromatic heterocycles. The van der Waals surface area contributed by atoms with Crippen molar-refractivity contribution in [1.29, 1.82) is 0 Å². The second kappa shape index (κ2) is 10.1. The van der Waals surface area contributed by atoms with Gasteiger partial charge in [0.1, 0.15) is 5.82 Å². The Labute approximate surface area is 182 Å². The molecule has 3 heterocycles. The summed E-state index contributed by atoms with van der Waals surface area (Å²) in [5.74, 6) is 2.11. The van der Waals surface area contributed by atoms with Crippen LogP contribution in [0.3, 0.4) is 0 Å². The summed E-state index contributed by atoms with van der Waals surface area (Å²) >= 11 is 0. The maximum absolute atomic E-state index is 5.96. The van der Waals surface area contributed by atoms with Crippen LogP contribution in [-0.4, -0.2) is 54.1 Å². The van der Waals surface area contributed by atoms with Gasteiger partial charge in [0.25, 0.3) is 0 Å². The highest BCUT2D eigenvalue weighted by molar-refractivity contribution is 5.80. The number of aromatic nitrogens is 3. The Kier molecular flexibility index (Phi) is 6.78. The number of rotatable bonds is 8. The number of nitrogens with one attached hydrogen (secondary N) is 2. The predicted octanol–water partition coefficient (Wildman–Crippen LogP) is 3.33. The molecule has 0 aliphatic carbocycles. The van der Waals surface area contributed by atoms with Gasteiger partial charge in [-0.2, -0.15) is 10.1 Å². The standard InChI is InChI=1S/C23H28N6O2/c1-17-4-3-5-19(12-17)15-25-28-22-13-21(29-7-10-30-11-8-29)14-23(27-22)31-9-6-20-16-24-18(2)26-20/h3-5,12-16H,6-11H2,1-2H3,(H,24,26)(H,27,28)/b25-15+. The van der Waals surface area contributed by atoms with Gasteiger partial charge in [-0.3, -0.25) is 5.43 Å². The van der Waals surface area contributed by atoms with Crippen LogP contribution in [0.2, 0.25) is 0 Å². The number of hydrogen-bond acceptors (Lipinski definition) is 7. The van der Waals surface area contributed by atoms with E-state index in [1.165, 1.54) is 5.56 Å². The maximum atomic E-state index is 5.96. The zero-order chi connectivity index (χ0) is 21.5.